The molecule has 1 aromatic rings. The van der Waals surface area contributed by atoms with Crippen molar-refractivity contribution in [2.24, 2.45) is 0 Å². The number of aromatic nitrogens is 1. The molecule has 6 nitrogen and oxygen atoms in total. The van der Waals surface area contributed by atoms with Crippen LogP contribution in [0.3, 0.4) is 0 Å². The smallest absolute Gasteiger partial charge is 0.267 e. The van der Waals surface area contributed by atoms with Crippen LogP contribution in [-0.2, 0) is 0 Å². The number of nitriles is 1. The van der Waals surface area contributed by atoms with Gasteiger partial charge in [-0.2, -0.15) is 5.26 Å². The van der Waals surface area contributed by atoms with E-state index < -0.39 is 0 Å². The summed E-state index contributed by atoms with van der Waals surface area (Å²) >= 11 is 0. The second-order valence-corrected chi connectivity index (χ2v) is 6.60. The summed E-state index contributed by atoms with van der Waals surface area (Å²) in [5, 5.41) is 22.0. The Kier molecular flexibility index (Phi) is 4.99. The van der Waals surface area contributed by atoms with Crippen molar-refractivity contribution in [1.29, 1.82) is 5.26 Å². The Morgan fingerprint density at radius 2 is 2.00 bits per heavy atom. The zero-order valence-corrected chi connectivity index (χ0v) is 13.3. The Hall–Kier alpha value is -1.84. The first-order valence-corrected chi connectivity index (χ1v) is 8.49. The number of carbonyl (C=O) groups is 1. The van der Waals surface area contributed by atoms with Gasteiger partial charge < -0.3 is 15.4 Å². The van der Waals surface area contributed by atoms with Gasteiger partial charge in [-0.15, -0.1) is 0 Å². The van der Waals surface area contributed by atoms with Crippen molar-refractivity contribution >= 4 is 5.91 Å². The van der Waals surface area contributed by atoms with Gasteiger partial charge in [0.2, 0.25) is 0 Å². The molecular weight excluding hydrogens is 292 g/mol. The molecule has 1 saturated carbocycles. The lowest BCUT2D eigenvalue weighted by molar-refractivity contribution is 0.00726. The number of nitrogens with one attached hydrogen (secondary N) is 2. The van der Waals surface area contributed by atoms with Crippen LogP contribution in [0.1, 0.15) is 54.7 Å². The lowest BCUT2D eigenvalue weighted by Gasteiger charge is -2.41. The average Bonchev–Trinajstić information content (AvgIpc) is 3.05. The molecule has 124 valence electrons. The van der Waals surface area contributed by atoms with Gasteiger partial charge in [-0.25, -0.2) is 0 Å². The number of hydrogen-bond donors (Lipinski definition) is 3. The first kappa shape index (κ1) is 16.0. The van der Waals surface area contributed by atoms with E-state index in [0.717, 1.165) is 45.2 Å². The van der Waals surface area contributed by atoms with E-state index in [1.165, 1.54) is 6.42 Å². The summed E-state index contributed by atoms with van der Waals surface area (Å²) in [5.74, 6) is -0.150. The zero-order valence-electron chi connectivity index (χ0n) is 13.3. The minimum Gasteiger partial charge on any atom is -0.391 e. The van der Waals surface area contributed by atoms with Crippen molar-refractivity contribution in [2.45, 2.75) is 56.7 Å². The highest BCUT2D eigenvalue weighted by Gasteiger charge is 2.31. The minimum absolute atomic E-state index is 0.150. The maximum atomic E-state index is 12.2. The van der Waals surface area contributed by atoms with E-state index in [-0.39, 0.29) is 18.1 Å². The third-order valence-corrected chi connectivity index (χ3v) is 5.08. The highest BCUT2D eigenvalue weighted by molar-refractivity contribution is 5.92. The van der Waals surface area contributed by atoms with E-state index in [4.69, 9.17) is 5.26 Å². The molecule has 3 N–H and O–H groups in total. The summed E-state index contributed by atoms with van der Waals surface area (Å²) in [5.41, 5.74) is 0.836. The second kappa shape index (κ2) is 7.16. The number of hydrogen-bond acceptors (Lipinski definition) is 4. The Bertz CT molecular complexity index is 584. The number of nitrogens with zero attached hydrogens (tertiary/aromatic N) is 2. The SMILES string of the molecule is N#Cc1ccc(C(=O)NC2CCN(C3CCCCC3O)CC2)[nH]1. The van der Waals surface area contributed by atoms with E-state index in [1.54, 1.807) is 12.1 Å². The molecule has 2 fully saturated rings. The lowest BCUT2D eigenvalue weighted by Crippen LogP contribution is -2.52. The van der Waals surface area contributed by atoms with Crippen molar-refractivity contribution in [2.75, 3.05) is 13.1 Å². The van der Waals surface area contributed by atoms with Gasteiger partial charge in [-0.3, -0.25) is 9.69 Å². The van der Waals surface area contributed by atoms with Crippen LogP contribution in [0.5, 0.6) is 0 Å². The van der Waals surface area contributed by atoms with Gasteiger partial charge in [-0.05, 0) is 37.8 Å². The number of aliphatic hydroxyl groups is 1. The predicted molar refractivity (Wildman–Crippen MR) is 85.8 cm³/mol. The van der Waals surface area contributed by atoms with Gasteiger partial charge >= 0.3 is 0 Å². The molecule has 1 saturated heterocycles. The maximum Gasteiger partial charge on any atom is 0.267 e. The van der Waals surface area contributed by atoms with Gasteiger partial charge in [0.05, 0.1) is 6.10 Å². The Morgan fingerprint density at radius 3 is 2.65 bits per heavy atom. The van der Waals surface area contributed by atoms with E-state index in [9.17, 15) is 9.90 Å². The number of amides is 1. The van der Waals surface area contributed by atoms with Crippen molar-refractivity contribution < 1.29 is 9.90 Å². The molecule has 1 aliphatic carbocycles. The summed E-state index contributed by atoms with van der Waals surface area (Å²) in [4.78, 5) is 17.4. The van der Waals surface area contributed by atoms with Crippen molar-refractivity contribution in [3.63, 3.8) is 0 Å². The number of aliphatic hydroxyl groups excluding tert-OH is 1. The molecule has 1 aromatic heterocycles. The van der Waals surface area contributed by atoms with Crippen LogP contribution in [-0.4, -0.2) is 52.2 Å². The van der Waals surface area contributed by atoms with Crippen molar-refractivity contribution in [1.82, 2.24) is 15.2 Å². The van der Waals surface area contributed by atoms with Crippen LogP contribution in [0.15, 0.2) is 12.1 Å². The zero-order chi connectivity index (χ0) is 16.2. The molecule has 0 aromatic carbocycles. The summed E-state index contributed by atoms with van der Waals surface area (Å²) in [6.07, 6.45) is 5.93. The van der Waals surface area contributed by atoms with E-state index in [1.807, 2.05) is 6.07 Å². The van der Waals surface area contributed by atoms with Gasteiger partial charge in [0.25, 0.3) is 5.91 Å². The molecule has 3 rings (SSSR count). The van der Waals surface area contributed by atoms with Crippen LogP contribution < -0.4 is 5.32 Å². The van der Waals surface area contributed by atoms with E-state index in [0.29, 0.717) is 17.4 Å². The average molecular weight is 316 g/mol. The highest BCUT2D eigenvalue weighted by atomic mass is 16.3. The fraction of sp³-hybridized carbons (Fsp3) is 0.647. The number of aromatic amines is 1. The van der Waals surface area contributed by atoms with Gasteiger partial charge in [0, 0.05) is 25.2 Å². The monoisotopic (exact) mass is 316 g/mol. The van der Waals surface area contributed by atoms with Gasteiger partial charge in [0.15, 0.2) is 0 Å². The number of carbonyl (C=O) groups excluding carboxylic acids is 1. The minimum atomic E-state index is -0.196. The third kappa shape index (κ3) is 3.74. The molecule has 0 bridgehead atoms. The van der Waals surface area contributed by atoms with E-state index >= 15 is 0 Å². The van der Waals surface area contributed by atoms with Crippen LogP contribution in [0.25, 0.3) is 0 Å². The summed E-state index contributed by atoms with van der Waals surface area (Å²) in [6, 6.07) is 5.69. The fourth-order valence-corrected chi connectivity index (χ4v) is 3.75. The number of piperidine rings is 1. The molecule has 1 aliphatic heterocycles. The molecule has 6 heteroatoms. The molecule has 0 radical (unpaired) electrons. The van der Waals surface area contributed by atoms with Crippen molar-refractivity contribution in [3.8, 4) is 6.07 Å². The lowest BCUT2D eigenvalue weighted by atomic mass is 9.89. The standard InChI is InChI=1S/C17H24N4O2/c18-11-13-5-6-14(19-13)17(23)20-12-7-9-21(10-8-12)15-3-1-2-4-16(15)22/h5-6,12,15-16,19,22H,1-4,7-10H2,(H,20,23). The number of H-pyrrole nitrogens is 1. The summed E-state index contributed by atoms with van der Waals surface area (Å²) < 4.78 is 0. The Morgan fingerprint density at radius 1 is 1.26 bits per heavy atom. The second-order valence-electron chi connectivity index (χ2n) is 6.60. The highest BCUT2D eigenvalue weighted by Crippen LogP contribution is 2.25. The molecule has 2 atom stereocenters. The Labute approximate surface area is 136 Å². The van der Waals surface area contributed by atoms with Gasteiger partial charge in [0.1, 0.15) is 17.5 Å². The van der Waals surface area contributed by atoms with Crippen molar-refractivity contribution in [3.05, 3.63) is 23.5 Å². The third-order valence-electron chi connectivity index (χ3n) is 5.08. The molecule has 2 unspecified atom stereocenters. The van der Waals surface area contributed by atoms with E-state index in [2.05, 4.69) is 15.2 Å². The molecular formula is C17H24N4O2. The van der Waals surface area contributed by atoms with Crippen LogP contribution in [0.2, 0.25) is 0 Å². The normalized spacial score (nSPS) is 26.6. The maximum absolute atomic E-state index is 12.2. The topological polar surface area (TPSA) is 92.2 Å². The Balaban J connectivity index is 1.49. The number of rotatable bonds is 3. The first-order chi connectivity index (χ1) is 11.2. The van der Waals surface area contributed by atoms with Crippen LogP contribution in [0, 0.1) is 11.3 Å². The molecule has 2 aliphatic rings. The van der Waals surface area contributed by atoms with Gasteiger partial charge in [-0.1, -0.05) is 12.8 Å². The van der Waals surface area contributed by atoms with Crippen LogP contribution in [0.4, 0.5) is 0 Å². The van der Waals surface area contributed by atoms with Crippen LogP contribution >= 0.6 is 0 Å². The largest absolute Gasteiger partial charge is 0.391 e. The molecule has 1 amide bonds. The first-order valence-electron chi connectivity index (χ1n) is 8.49. The fourth-order valence-electron chi connectivity index (χ4n) is 3.75. The molecule has 2 heterocycles. The summed E-state index contributed by atoms with van der Waals surface area (Å²) in [7, 11) is 0. The quantitative estimate of drug-likeness (QED) is 0.785. The summed E-state index contributed by atoms with van der Waals surface area (Å²) in [6.45, 7) is 1.84. The molecule has 0 spiro atoms. The number of likely N-dealkylation sites (tertiary alicyclic amines) is 1. The molecule has 23 heavy (non-hydrogen) atoms. The predicted octanol–water partition coefficient (Wildman–Crippen LogP) is 1.38.